The molecule has 0 aliphatic rings. The fourth-order valence-electron chi connectivity index (χ4n) is 0.829. The van der Waals surface area contributed by atoms with Crippen LogP contribution in [-0.4, -0.2) is 16.9 Å². The second kappa shape index (κ2) is 7.74. The Morgan fingerprint density at radius 3 is 1.53 bits per heavy atom. The van der Waals surface area contributed by atoms with Gasteiger partial charge in [0.25, 0.3) is 0 Å². The number of carboxylic acids is 1. The van der Waals surface area contributed by atoms with E-state index in [2.05, 4.69) is 0 Å². The number of Topliss-reactive ketones (excluding diaryl/α,β-unsaturated/α-hetero) is 1. The van der Waals surface area contributed by atoms with Crippen molar-refractivity contribution in [3.8, 4) is 0 Å². The summed E-state index contributed by atoms with van der Waals surface area (Å²) in [7, 11) is 0. The van der Waals surface area contributed by atoms with Crippen molar-refractivity contribution in [3.63, 3.8) is 0 Å². The van der Waals surface area contributed by atoms with Crippen LogP contribution in [0.15, 0.2) is 36.4 Å². The van der Waals surface area contributed by atoms with Crippen LogP contribution in [0.2, 0.25) is 0 Å². The van der Waals surface area contributed by atoms with E-state index in [1.807, 2.05) is 36.4 Å². The zero-order chi connectivity index (χ0) is 11.7. The number of ketones is 1. The molecule has 0 spiro atoms. The normalized spacial score (nSPS) is 10.8. The standard InChI is InChI=1S/C6H10O3.C6H6/c1-3-5(7)4(2)6(8)9;1-2-4-6-5-3-1/h4H,3H2,1-2H3,(H,8,9);1-6H. The molecule has 0 aliphatic carbocycles. The van der Waals surface area contributed by atoms with Crippen LogP contribution in [0.4, 0.5) is 0 Å². The Bertz CT molecular complexity index is 266. The third kappa shape index (κ3) is 6.43. The van der Waals surface area contributed by atoms with Gasteiger partial charge in [0.05, 0.1) is 0 Å². The van der Waals surface area contributed by atoms with Crippen LogP contribution in [-0.2, 0) is 9.59 Å². The maximum atomic E-state index is 10.6. The fourth-order valence-corrected chi connectivity index (χ4v) is 0.829. The van der Waals surface area contributed by atoms with E-state index in [1.165, 1.54) is 6.92 Å². The summed E-state index contributed by atoms with van der Waals surface area (Å²) in [6.07, 6.45) is 0.299. The van der Waals surface area contributed by atoms with Crippen molar-refractivity contribution in [3.05, 3.63) is 36.4 Å². The largest absolute Gasteiger partial charge is 0.481 e. The lowest BCUT2D eigenvalue weighted by Gasteiger charge is -1.99. The zero-order valence-electron chi connectivity index (χ0n) is 9.01. The van der Waals surface area contributed by atoms with Crippen molar-refractivity contribution >= 4 is 11.8 Å². The summed E-state index contributed by atoms with van der Waals surface area (Å²) in [6.45, 7) is 3.05. The molecule has 0 heterocycles. The Morgan fingerprint density at radius 1 is 1.07 bits per heavy atom. The van der Waals surface area contributed by atoms with Gasteiger partial charge in [-0.1, -0.05) is 43.3 Å². The molecule has 0 radical (unpaired) electrons. The molecule has 82 valence electrons. The lowest BCUT2D eigenvalue weighted by atomic mass is 10.1. The molecule has 0 amide bonds. The van der Waals surface area contributed by atoms with E-state index < -0.39 is 11.9 Å². The highest BCUT2D eigenvalue weighted by Crippen LogP contribution is 1.98. The van der Waals surface area contributed by atoms with E-state index >= 15 is 0 Å². The van der Waals surface area contributed by atoms with Gasteiger partial charge < -0.3 is 5.11 Å². The van der Waals surface area contributed by atoms with Gasteiger partial charge >= 0.3 is 5.97 Å². The van der Waals surface area contributed by atoms with E-state index in [9.17, 15) is 9.59 Å². The molecule has 1 aromatic carbocycles. The molecule has 0 bridgehead atoms. The molecule has 1 N–H and O–H groups in total. The van der Waals surface area contributed by atoms with Crippen LogP contribution < -0.4 is 0 Å². The Hall–Kier alpha value is -1.64. The van der Waals surface area contributed by atoms with Gasteiger partial charge in [0, 0.05) is 6.42 Å². The van der Waals surface area contributed by atoms with E-state index in [1.54, 1.807) is 6.92 Å². The number of aliphatic carboxylic acids is 1. The first-order valence-corrected chi connectivity index (χ1v) is 4.85. The highest BCUT2D eigenvalue weighted by molar-refractivity contribution is 5.97. The number of carbonyl (C=O) groups excluding carboxylic acids is 1. The predicted octanol–water partition coefficient (Wildman–Crippen LogP) is 2.37. The molecule has 15 heavy (non-hydrogen) atoms. The van der Waals surface area contributed by atoms with Crippen LogP contribution >= 0.6 is 0 Å². The first kappa shape index (κ1) is 13.4. The molecule has 0 saturated carbocycles. The van der Waals surface area contributed by atoms with Gasteiger partial charge in [0.1, 0.15) is 11.7 Å². The van der Waals surface area contributed by atoms with Crippen molar-refractivity contribution < 1.29 is 14.7 Å². The molecule has 0 fully saturated rings. The van der Waals surface area contributed by atoms with Crippen molar-refractivity contribution in [1.29, 1.82) is 0 Å². The highest BCUT2D eigenvalue weighted by Gasteiger charge is 2.17. The van der Waals surface area contributed by atoms with Crippen molar-refractivity contribution in [2.75, 3.05) is 0 Å². The number of carboxylic acid groups (broad SMARTS) is 1. The predicted molar refractivity (Wildman–Crippen MR) is 58.5 cm³/mol. The van der Waals surface area contributed by atoms with Gasteiger partial charge in [-0.25, -0.2) is 0 Å². The monoisotopic (exact) mass is 208 g/mol. The van der Waals surface area contributed by atoms with Crippen LogP contribution in [0, 0.1) is 5.92 Å². The Morgan fingerprint density at radius 2 is 1.40 bits per heavy atom. The van der Waals surface area contributed by atoms with Gasteiger partial charge in [0.15, 0.2) is 0 Å². The minimum atomic E-state index is -1.04. The summed E-state index contributed by atoms with van der Waals surface area (Å²) >= 11 is 0. The lowest BCUT2D eigenvalue weighted by molar-refractivity contribution is -0.145. The SMILES string of the molecule is CCC(=O)C(C)C(=O)O.c1ccccc1. The third-order valence-corrected chi connectivity index (χ3v) is 1.87. The summed E-state index contributed by atoms with van der Waals surface area (Å²) in [6, 6.07) is 12.0. The van der Waals surface area contributed by atoms with E-state index in [0.717, 1.165) is 0 Å². The molecule has 1 atom stereocenters. The van der Waals surface area contributed by atoms with Crippen molar-refractivity contribution in [2.45, 2.75) is 20.3 Å². The van der Waals surface area contributed by atoms with Crippen LogP contribution in [0.25, 0.3) is 0 Å². The number of benzene rings is 1. The number of hydrogen-bond acceptors (Lipinski definition) is 2. The summed E-state index contributed by atoms with van der Waals surface area (Å²) < 4.78 is 0. The highest BCUT2D eigenvalue weighted by atomic mass is 16.4. The molecule has 3 nitrogen and oxygen atoms in total. The van der Waals surface area contributed by atoms with E-state index in [4.69, 9.17) is 5.11 Å². The van der Waals surface area contributed by atoms with Crippen LogP contribution in [0.1, 0.15) is 20.3 Å². The van der Waals surface area contributed by atoms with Crippen LogP contribution in [0.5, 0.6) is 0 Å². The molecule has 0 aromatic heterocycles. The maximum absolute atomic E-state index is 10.6. The molecule has 1 unspecified atom stereocenters. The van der Waals surface area contributed by atoms with Crippen molar-refractivity contribution in [2.24, 2.45) is 5.92 Å². The third-order valence-electron chi connectivity index (χ3n) is 1.87. The molecule has 0 aliphatic heterocycles. The summed E-state index contributed by atoms with van der Waals surface area (Å²) in [4.78, 5) is 20.7. The Labute approximate surface area is 89.7 Å². The molecular weight excluding hydrogens is 192 g/mol. The summed E-state index contributed by atoms with van der Waals surface area (Å²) in [5, 5.41) is 8.26. The average molecular weight is 208 g/mol. The minimum Gasteiger partial charge on any atom is -0.481 e. The zero-order valence-corrected chi connectivity index (χ0v) is 9.01. The average Bonchev–Trinajstić information content (AvgIpc) is 2.30. The topological polar surface area (TPSA) is 54.4 Å². The fraction of sp³-hybridized carbons (Fsp3) is 0.333. The lowest BCUT2D eigenvalue weighted by Crippen LogP contribution is -2.19. The molecule has 1 aromatic rings. The summed E-state index contributed by atoms with van der Waals surface area (Å²) in [5.41, 5.74) is 0. The van der Waals surface area contributed by atoms with Gasteiger partial charge in [-0.3, -0.25) is 9.59 Å². The van der Waals surface area contributed by atoms with Crippen LogP contribution in [0.3, 0.4) is 0 Å². The molecule has 1 rings (SSSR count). The first-order chi connectivity index (χ1) is 7.09. The molecular formula is C12H16O3. The quantitative estimate of drug-likeness (QED) is 0.776. The second-order valence-corrected chi connectivity index (χ2v) is 3.03. The molecule has 3 heteroatoms. The number of hydrogen-bond donors (Lipinski definition) is 1. The maximum Gasteiger partial charge on any atom is 0.313 e. The minimum absolute atomic E-state index is 0.220. The smallest absolute Gasteiger partial charge is 0.313 e. The van der Waals surface area contributed by atoms with Gasteiger partial charge in [-0.15, -0.1) is 0 Å². The van der Waals surface area contributed by atoms with Gasteiger partial charge in [-0.2, -0.15) is 0 Å². The number of rotatable bonds is 3. The van der Waals surface area contributed by atoms with E-state index in [0.29, 0.717) is 6.42 Å². The number of carbonyl (C=O) groups is 2. The first-order valence-electron chi connectivity index (χ1n) is 4.85. The molecule has 0 saturated heterocycles. The summed E-state index contributed by atoms with van der Waals surface area (Å²) in [5.74, 6) is -2.10. The Balaban J connectivity index is 0.000000280. The second-order valence-electron chi connectivity index (χ2n) is 3.03. The van der Waals surface area contributed by atoms with E-state index in [-0.39, 0.29) is 5.78 Å². The Kier molecular flexibility index (Phi) is 6.89. The van der Waals surface area contributed by atoms with Crippen molar-refractivity contribution in [1.82, 2.24) is 0 Å². The van der Waals surface area contributed by atoms with Gasteiger partial charge in [-0.05, 0) is 6.92 Å². The van der Waals surface area contributed by atoms with Gasteiger partial charge in [0.2, 0.25) is 0 Å².